The molecule has 0 atom stereocenters. The molecule has 0 heterocycles. The van der Waals surface area contributed by atoms with Crippen molar-refractivity contribution in [2.45, 2.75) is 26.2 Å². The highest BCUT2D eigenvalue weighted by atomic mass is 35.5. The lowest BCUT2D eigenvalue weighted by Gasteiger charge is -2.12. The Bertz CT molecular complexity index is 615. The van der Waals surface area contributed by atoms with Crippen molar-refractivity contribution in [3.8, 4) is 5.75 Å². The molecule has 20 heavy (non-hydrogen) atoms. The second kappa shape index (κ2) is 5.94. The van der Waals surface area contributed by atoms with Crippen LogP contribution >= 0.6 is 23.2 Å². The minimum Gasteiger partial charge on any atom is -0.508 e. The van der Waals surface area contributed by atoms with Gasteiger partial charge >= 0.3 is 0 Å². The lowest BCUT2D eigenvalue weighted by atomic mass is 9.96. The van der Waals surface area contributed by atoms with E-state index in [0.717, 1.165) is 16.7 Å². The Balaban J connectivity index is 2.38. The molecular formula is C16H17Cl2NO. The summed E-state index contributed by atoms with van der Waals surface area (Å²) in [6.07, 6.45) is 0.609. The Morgan fingerprint density at radius 1 is 1.10 bits per heavy atom. The monoisotopic (exact) mass is 309 g/mol. The summed E-state index contributed by atoms with van der Waals surface area (Å²) in [5.41, 5.74) is 9.08. The largest absolute Gasteiger partial charge is 0.508 e. The van der Waals surface area contributed by atoms with Gasteiger partial charge in [0.15, 0.2) is 0 Å². The number of nitrogen functional groups attached to an aromatic ring is 1. The molecule has 3 N–H and O–H groups in total. The van der Waals surface area contributed by atoms with Gasteiger partial charge in [-0.05, 0) is 40.8 Å². The number of phenolic OH excluding ortho intramolecular Hbond substituents is 1. The van der Waals surface area contributed by atoms with E-state index in [9.17, 15) is 5.11 Å². The summed E-state index contributed by atoms with van der Waals surface area (Å²) in [6.45, 7) is 4.09. The van der Waals surface area contributed by atoms with Gasteiger partial charge in [-0.3, -0.25) is 0 Å². The van der Waals surface area contributed by atoms with E-state index in [2.05, 4.69) is 0 Å². The van der Waals surface area contributed by atoms with Gasteiger partial charge in [0.1, 0.15) is 5.75 Å². The van der Waals surface area contributed by atoms with Crippen LogP contribution in [0.4, 0.5) is 5.69 Å². The molecule has 0 aliphatic rings. The molecule has 0 unspecified atom stereocenters. The average Bonchev–Trinajstić information content (AvgIpc) is 2.35. The number of anilines is 1. The normalized spacial score (nSPS) is 11.1. The lowest BCUT2D eigenvalue weighted by Crippen LogP contribution is -1.96. The molecule has 2 aromatic rings. The van der Waals surface area contributed by atoms with Crippen LogP contribution < -0.4 is 5.73 Å². The second-order valence-corrected chi connectivity index (χ2v) is 6.00. The number of halogens is 2. The van der Waals surface area contributed by atoms with Gasteiger partial charge in [0, 0.05) is 22.2 Å². The van der Waals surface area contributed by atoms with Crippen molar-refractivity contribution in [1.82, 2.24) is 0 Å². The van der Waals surface area contributed by atoms with Gasteiger partial charge in [0.2, 0.25) is 0 Å². The maximum absolute atomic E-state index is 9.85. The summed E-state index contributed by atoms with van der Waals surface area (Å²) >= 11 is 12.4. The summed E-state index contributed by atoms with van der Waals surface area (Å²) in [5.74, 6) is 0.575. The Hall–Kier alpha value is -1.38. The zero-order valence-corrected chi connectivity index (χ0v) is 13.0. The maximum Gasteiger partial charge on any atom is 0.119 e. The highest BCUT2D eigenvalue weighted by Crippen LogP contribution is 2.32. The zero-order valence-electron chi connectivity index (χ0n) is 11.5. The molecule has 0 amide bonds. The molecular weight excluding hydrogens is 293 g/mol. The van der Waals surface area contributed by atoms with Gasteiger partial charge in [-0.1, -0.05) is 49.2 Å². The lowest BCUT2D eigenvalue weighted by molar-refractivity contribution is 0.464. The molecule has 0 radical (unpaired) electrons. The fourth-order valence-electron chi connectivity index (χ4n) is 2.17. The highest BCUT2D eigenvalue weighted by molar-refractivity contribution is 6.36. The van der Waals surface area contributed by atoms with Crippen molar-refractivity contribution in [1.29, 1.82) is 0 Å². The Morgan fingerprint density at radius 2 is 1.70 bits per heavy atom. The fourth-order valence-corrected chi connectivity index (χ4v) is 2.81. The molecule has 0 saturated carbocycles. The number of aromatic hydroxyl groups is 1. The predicted octanol–water partition coefficient (Wildman–Crippen LogP) is 5.00. The summed E-state index contributed by atoms with van der Waals surface area (Å²) in [6, 6.07) is 8.98. The first-order valence-electron chi connectivity index (χ1n) is 6.43. The fraction of sp³-hybridized carbons (Fsp3) is 0.250. The topological polar surface area (TPSA) is 46.2 Å². The number of nitrogens with two attached hydrogens (primary N) is 1. The second-order valence-electron chi connectivity index (χ2n) is 5.19. The third-order valence-corrected chi connectivity index (χ3v) is 3.93. The SMILES string of the molecule is CC(C)c1cc(Cc2c(Cl)cc(N)cc2Cl)ccc1O. The Labute approximate surface area is 129 Å². The molecule has 0 bridgehead atoms. The molecule has 2 rings (SSSR count). The Morgan fingerprint density at radius 3 is 2.25 bits per heavy atom. The van der Waals surface area contributed by atoms with Gasteiger partial charge in [0.25, 0.3) is 0 Å². The minimum atomic E-state index is 0.257. The number of phenols is 1. The first-order chi connectivity index (χ1) is 9.38. The van der Waals surface area contributed by atoms with E-state index < -0.39 is 0 Å². The van der Waals surface area contributed by atoms with Crippen molar-refractivity contribution in [3.63, 3.8) is 0 Å². The maximum atomic E-state index is 9.85. The third-order valence-electron chi connectivity index (χ3n) is 3.26. The molecule has 106 valence electrons. The standard InChI is InChI=1S/C16H17Cl2NO/c1-9(2)12-5-10(3-4-16(12)20)6-13-14(17)7-11(19)8-15(13)18/h3-5,7-9,20H,6,19H2,1-2H3. The molecule has 0 aliphatic heterocycles. The van der Waals surface area contributed by atoms with Gasteiger partial charge in [0.05, 0.1) is 0 Å². The van der Waals surface area contributed by atoms with E-state index >= 15 is 0 Å². The molecule has 0 fully saturated rings. The molecule has 2 aromatic carbocycles. The summed E-state index contributed by atoms with van der Waals surface area (Å²) < 4.78 is 0. The van der Waals surface area contributed by atoms with Gasteiger partial charge in [-0.2, -0.15) is 0 Å². The number of hydrogen-bond acceptors (Lipinski definition) is 2. The number of rotatable bonds is 3. The first-order valence-corrected chi connectivity index (χ1v) is 7.19. The van der Waals surface area contributed by atoms with Crippen LogP contribution in [-0.4, -0.2) is 5.11 Å². The van der Waals surface area contributed by atoms with Gasteiger partial charge in [-0.15, -0.1) is 0 Å². The van der Waals surface area contributed by atoms with Crippen LogP contribution in [0.5, 0.6) is 5.75 Å². The van der Waals surface area contributed by atoms with E-state index in [1.807, 2.05) is 26.0 Å². The van der Waals surface area contributed by atoms with Crippen LogP contribution in [0, 0.1) is 0 Å². The molecule has 0 aromatic heterocycles. The third kappa shape index (κ3) is 3.20. The molecule has 0 aliphatic carbocycles. The average molecular weight is 310 g/mol. The highest BCUT2D eigenvalue weighted by Gasteiger charge is 2.11. The summed E-state index contributed by atoms with van der Waals surface area (Å²) in [4.78, 5) is 0. The van der Waals surface area contributed by atoms with Gasteiger partial charge in [-0.25, -0.2) is 0 Å². The van der Waals surface area contributed by atoms with E-state index in [4.69, 9.17) is 28.9 Å². The van der Waals surface area contributed by atoms with E-state index in [1.54, 1.807) is 18.2 Å². The first kappa shape index (κ1) is 15.0. The summed E-state index contributed by atoms with van der Waals surface area (Å²) in [7, 11) is 0. The van der Waals surface area contributed by atoms with Crippen LogP contribution in [0.1, 0.15) is 36.5 Å². The van der Waals surface area contributed by atoms with Crippen molar-refractivity contribution < 1.29 is 5.11 Å². The summed E-state index contributed by atoms with van der Waals surface area (Å²) in [5, 5.41) is 11.0. The van der Waals surface area contributed by atoms with E-state index in [1.165, 1.54) is 0 Å². The van der Waals surface area contributed by atoms with Gasteiger partial charge < -0.3 is 10.8 Å². The molecule has 2 nitrogen and oxygen atoms in total. The van der Waals surface area contributed by atoms with Crippen molar-refractivity contribution >= 4 is 28.9 Å². The zero-order chi connectivity index (χ0) is 14.9. The van der Waals surface area contributed by atoms with Crippen LogP contribution in [0.3, 0.4) is 0 Å². The predicted molar refractivity (Wildman–Crippen MR) is 85.9 cm³/mol. The van der Waals surface area contributed by atoms with Crippen LogP contribution in [-0.2, 0) is 6.42 Å². The van der Waals surface area contributed by atoms with Crippen LogP contribution in [0.25, 0.3) is 0 Å². The quantitative estimate of drug-likeness (QED) is 0.784. The molecule has 0 spiro atoms. The Kier molecular flexibility index (Phi) is 4.46. The number of hydrogen-bond donors (Lipinski definition) is 2. The number of benzene rings is 2. The van der Waals surface area contributed by atoms with E-state index in [-0.39, 0.29) is 5.92 Å². The van der Waals surface area contributed by atoms with Crippen LogP contribution in [0.2, 0.25) is 10.0 Å². The van der Waals surface area contributed by atoms with Crippen molar-refractivity contribution in [2.24, 2.45) is 0 Å². The van der Waals surface area contributed by atoms with Crippen molar-refractivity contribution in [3.05, 3.63) is 57.1 Å². The smallest absolute Gasteiger partial charge is 0.119 e. The molecule has 4 heteroatoms. The van der Waals surface area contributed by atoms with Crippen molar-refractivity contribution in [2.75, 3.05) is 5.73 Å². The molecule has 0 saturated heterocycles. The van der Waals surface area contributed by atoms with Crippen LogP contribution in [0.15, 0.2) is 30.3 Å². The van der Waals surface area contributed by atoms with E-state index in [0.29, 0.717) is 27.9 Å². The minimum absolute atomic E-state index is 0.257.